The highest BCUT2D eigenvalue weighted by atomic mass is 32.2. The second-order valence-electron chi connectivity index (χ2n) is 7.29. The van der Waals surface area contributed by atoms with Crippen LogP contribution in [0.15, 0.2) is 46.2 Å². The van der Waals surface area contributed by atoms with E-state index < -0.39 is 9.84 Å². The third-order valence-electron chi connectivity index (χ3n) is 4.77. The van der Waals surface area contributed by atoms with E-state index in [4.69, 9.17) is 0 Å². The number of rotatable bonds is 5. The molecule has 0 spiro atoms. The van der Waals surface area contributed by atoms with Crippen molar-refractivity contribution >= 4 is 44.8 Å². The maximum Gasteiger partial charge on any atom is 0.228 e. The standard InChI is InChI=1S/C21H24N2O4S2/c1-13-4-5-14(2)17(10-13)22-20(24)8-9-29(26,27)16-6-7-19-18(11-16)23-21(25)15(3)12-28-19/h4-7,10-11,15H,8-9,12H2,1-3H3,(H,22,24)(H,23,25)/t15-/m0/s1. The predicted octanol–water partition coefficient (Wildman–Crippen LogP) is 3.79. The molecule has 0 saturated heterocycles. The lowest BCUT2D eigenvalue weighted by atomic mass is 10.1. The largest absolute Gasteiger partial charge is 0.326 e. The molecule has 0 radical (unpaired) electrons. The van der Waals surface area contributed by atoms with Crippen LogP contribution in [0, 0.1) is 19.8 Å². The van der Waals surface area contributed by atoms with Crippen molar-refractivity contribution in [3.05, 3.63) is 47.5 Å². The van der Waals surface area contributed by atoms with E-state index in [1.54, 1.807) is 6.07 Å². The summed E-state index contributed by atoms with van der Waals surface area (Å²) < 4.78 is 25.5. The van der Waals surface area contributed by atoms with Crippen molar-refractivity contribution in [3.8, 4) is 0 Å². The molecule has 2 amide bonds. The molecule has 6 nitrogen and oxygen atoms in total. The molecular formula is C21H24N2O4S2. The SMILES string of the molecule is Cc1ccc(C)c(NC(=O)CCS(=O)(=O)c2ccc3c(c2)NC(=O)[C@@H](C)CS3)c1. The molecule has 3 rings (SSSR count). The smallest absolute Gasteiger partial charge is 0.228 e. The molecule has 2 aromatic carbocycles. The van der Waals surface area contributed by atoms with Gasteiger partial charge >= 0.3 is 0 Å². The normalized spacial score (nSPS) is 16.5. The molecule has 154 valence electrons. The lowest BCUT2D eigenvalue weighted by Crippen LogP contribution is -2.20. The van der Waals surface area contributed by atoms with Gasteiger partial charge in [-0.3, -0.25) is 9.59 Å². The Bertz CT molecular complexity index is 1060. The Labute approximate surface area is 175 Å². The zero-order valence-corrected chi connectivity index (χ0v) is 18.2. The van der Waals surface area contributed by atoms with Crippen LogP contribution in [-0.2, 0) is 19.4 Å². The van der Waals surface area contributed by atoms with E-state index in [1.807, 2.05) is 39.0 Å². The van der Waals surface area contributed by atoms with Gasteiger partial charge in [-0.25, -0.2) is 8.42 Å². The molecule has 1 aliphatic heterocycles. The van der Waals surface area contributed by atoms with Crippen LogP contribution in [0.1, 0.15) is 24.5 Å². The van der Waals surface area contributed by atoms with E-state index in [1.165, 1.54) is 23.9 Å². The number of carbonyl (C=O) groups is 2. The second kappa shape index (κ2) is 8.59. The molecule has 0 aliphatic carbocycles. The van der Waals surface area contributed by atoms with Gasteiger partial charge < -0.3 is 10.6 Å². The van der Waals surface area contributed by atoms with Crippen LogP contribution in [0.2, 0.25) is 0 Å². The zero-order chi connectivity index (χ0) is 21.2. The van der Waals surface area contributed by atoms with Crippen molar-refractivity contribution in [3.63, 3.8) is 0 Å². The maximum absolute atomic E-state index is 12.7. The number of hydrogen-bond donors (Lipinski definition) is 2. The fourth-order valence-corrected chi connectivity index (χ4v) is 5.17. The number of carbonyl (C=O) groups excluding carboxylic acids is 2. The van der Waals surface area contributed by atoms with Crippen molar-refractivity contribution in [2.75, 3.05) is 22.1 Å². The first-order chi connectivity index (χ1) is 13.7. The average molecular weight is 433 g/mol. The molecule has 29 heavy (non-hydrogen) atoms. The number of sulfone groups is 1. The number of thioether (sulfide) groups is 1. The molecule has 1 heterocycles. The maximum atomic E-state index is 12.7. The minimum absolute atomic E-state index is 0.103. The number of amides is 2. The molecule has 0 unspecified atom stereocenters. The summed E-state index contributed by atoms with van der Waals surface area (Å²) in [5.41, 5.74) is 3.12. The third kappa shape index (κ3) is 5.19. The van der Waals surface area contributed by atoms with Gasteiger partial charge in [0.25, 0.3) is 0 Å². The minimum Gasteiger partial charge on any atom is -0.326 e. The van der Waals surface area contributed by atoms with Crippen LogP contribution in [0.5, 0.6) is 0 Å². The molecule has 8 heteroatoms. The molecule has 1 atom stereocenters. The van der Waals surface area contributed by atoms with E-state index in [0.717, 1.165) is 16.0 Å². The van der Waals surface area contributed by atoms with Gasteiger partial charge in [-0.15, -0.1) is 11.8 Å². The van der Waals surface area contributed by atoms with Crippen LogP contribution in [0.4, 0.5) is 11.4 Å². The first kappa shape index (κ1) is 21.4. The Morgan fingerprint density at radius 3 is 2.72 bits per heavy atom. The summed E-state index contributed by atoms with van der Waals surface area (Å²) in [5, 5.41) is 5.57. The molecule has 0 saturated carbocycles. The monoisotopic (exact) mass is 432 g/mol. The Morgan fingerprint density at radius 2 is 1.97 bits per heavy atom. The van der Waals surface area contributed by atoms with Gasteiger partial charge in [0, 0.05) is 28.7 Å². The highest BCUT2D eigenvalue weighted by Crippen LogP contribution is 2.34. The van der Waals surface area contributed by atoms with Crippen LogP contribution in [0.25, 0.3) is 0 Å². The second-order valence-corrected chi connectivity index (χ2v) is 10.5. The van der Waals surface area contributed by atoms with Gasteiger partial charge in [-0.05, 0) is 49.2 Å². The number of anilines is 2. The van der Waals surface area contributed by atoms with Crippen molar-refractivity contribution < 1.29 is 18.0 Å². The summed E-state index contributed by atoms with van der Waals surface area (Å²) in [6, 6.07) is 10.4. The third-order valence-corrected chi connectivity index (χ3v) is 7.82. The summed E-state index contributed by atoms with van der Waals surface area (Å²) in [4.78, 5) is 25.3. The predicted molar refractivity (Wildman–Crippen MR) is 116 cm³/mol. The fourth-order valence-electron chi connectivity index (χ4n) is 2.90. The van der Waals surface area contributed by atoms with Crippen molar-refractivity contribution in [2.45, 2.75) is 37.0 Å². The van der Waals surface area contributed by atoms with Crippen LogP contribution < -0.4 is 10.6 Å². The lowest BCUT2D eigenvalue weighted by Gasteiger charge is -2.11. The van der Waals surface area contributed by atoms with E-state index in [0.29, 0.717) is 17.1 Å². The molecule has 0 aromatic heterocycles. The Hall–Kier alpha value is -2.32. The number of nitrogens with one attached hydrogen (secondary N) is 2. The summed E-state index contributed by atoms with van der Waals surface area (Å²) in [6.45, 7) is 5.64. The van der Waals surface area contributed by atoms with Crippen molar-refractivity contribution in [1.29, 1.82) is 0 Å². The van der Waals surface area contributed by atoms with Crippen molar-refractivity contribution in [1.82, 2.24) is 0 Å². The van der Waals surface area contributed by atoms with Crippen molar-refractivity contribution in [2.24, 2.45) is 5.92 Å². The van der Waals surface area contributed by atoms with E-state index >= 15 is 0 Å². The van der Waals surface area contributed by atoms with Crippen LogP contribution in [0.3, 0.4) is 0 Å². The minimum atomic E-state index is -3.66. The summed E-state index contributed by atoms with van der Waals surface area (Å²) in [6.07, 6.45) is -0.148. The highest BCUT2D eigenvalue weighted by Gasteiger charge is 2.23. The van der Waals surface area contributed by atoms with Crippen LogP contribution >= 0.6 is 11.8 Å². The quantitative estimate of drug-likeness (QED) is 0.750. The number of hydrogen-bond acceptors (Lipinski definition) is 5. The topological polar surface area (TPSA) is 92.3 Å². The van der Waals surface area contributed by atoms with Gasteiger partial charge in [-0.1, -0.05) is 19.1 Å². The van der Waals surface area contributed by atoms with Gasteiger partial charge in [-0.2, -0.15) is 0 Å². The lowest BCUT2D eigenvalue weighted by molar-refractivity contribution is -0.118. The Kier molecular flexibility index (Phi) is 6.33. The highest BCUT2D eigenvalue weighted by molar-refractivity contribution is 7.99. The fraction of sp³-hybridized carbons (Fsp3) is 0.333. The molecule has 1 aliphatic rings. The van der Waals surface area contributed by atoms with E-state index in [9.17, 15) is 18.0 Å². The molecule has 2 aromatic rings. The van der Waals surface area contributed by atoms with Crippen LogP contribution in [-0.4, -0.2) is 31.7 Å². The molecular weight excluding hydrogens is 408 g/mol. The molecule has 0 bridgehead atoms. The van der Waals surface area contributed by atoms with Gasteiger partial charge in [0.2, 0.25) is 11.8 Å². The first-order valence-electron chi connectivity index (χ1n) is 9.33. The zero-order valence-electron chi connectivity index (χ0n) is 16.6. The number of benzene rings is 2. The number of fused-ring (bicyclic) bond motifs is 1. The summed E-state index contributed by atoms with van der Waals surface area (Å²) in [5.74, 6) is -0.293. The van der Waals surface area contributed by atoms with Gasteiger partial charge in [0.1, 0.15) is 0 Å². The average Bonchev–Trinajstić information content (AvgIpc) is 2.81. The first-order valence-corrected chi connectivity index (χ1v) is 12.0. The Morgan fingerprint density at radius 1 is 1.21 bits per heavy atom. The summed E-state index contributed by atoms with van der Waals surface area (Å²) in [7, 11) is -3.66. The van der Waals surface area contributed by atoms with E-state index in [2.05, 4.69) is 10.6 Å². The van der Waals surface area contributed by atoms with E-state index in [-0.39, 0.29) is 34.8 Å². The number of aryl methyl sites for hydroxylation is 2. The summed E-state index contributed by atoms with van der Waals surface area (Å²) >= 11 is 1.52. The Balaban J connectivity index is 1.70. The van der Waals surface area contributed by atoms with Gasteiger partial charge in [0.05, 0.1) is 16.3 Å². The molecule has 0 fully saturated rings. The van der Waals surface area contributed by atoms with Gasteiger partial charge in [0.15, 0.2) is 9.84 Å². The molecule has 2 N–H and O–H groups in total.